The lowest BCUT2D eigenvalue weighted by atomic mass is 10.1. The maximum Gasteiger partial charge on any atom is 0.288 e. The van der Waals surface area contributed by atoms with Gasteiger partial charge in [-0.25, -0.2) is 0 Å². The van der Waals surface area contributed by atoms with Crippen LogP contribution in [0.3, 0.4) is 0 Å². The number of nitro benzene ring substituents is 1. The van der Waals surface area contributed by atoms with Crippen LogP contribution in [0.1, 0.15) is 15.2 Å². The molecule has 3 aromatic rings. The zero-order valence-electron chi connectivity index (χ0n) is 12.3. The molecule has 8 heteroatoms. The van der Waals surface area contributed by atoms with Crippen molar-refractivity contribution in [3.63, 3.8) is 0 Å². The highest BCUT2D eigenvalue weighted by atomic mass is 35.5. The van der Waals surface area contributed by atoms with E-state index in [9.17, 15) is 14.9 Å². The van der Waals surface area contributed by atoms with Gasteiger partial charge in [0.2, 0.25) is 0 Å². The van der Waals surface area contributed by atoms with E-state index in [-0.39, 0.29) is 16.6 Å². The summed E-state index contributed by atoms with van der Waals surface area (Å²) >= 11 is 13.5. The predicted octanol–water partition coefficient (Wildman–Crippen LogP) is 5.68. The maximum absolute atomic E-state index is 12.5. The molecule has 24 heavy (non-hydrogen) atoms. The van der Waals surface area contributed by atoms with Gasteiger partial charge in [0.25, 0.3) is 11.6 Å². The van der Waals surface area contributed by atoms with Gasteiger partial charge in [-0.1, -0.05) is 41.4 Å². The van der Waals surface area contributed by atoms with Crippen LogP contribution in [-0.2, 0) is 0 Å². The lowest BCUT2D eigenvalue weighted by Gasteiger charge is -2.08. The number of hydrogen-bond donors (Lipinski definition) is 1. The number of carbonyl (C=O) groups is 1. The fraction of sp³-hybridized carbons (Fsp3) is 0.0625. The summed E-state index contributed by atoms with van der Waals surface area (Å²) in [5.74, 6) is -0.380. The molecule has 0 fully saturated rings. The number of nitro groups is 1. The highest BCUT2D eigenvalue weighted by Gasteiger charge is 2.20. The largest absolute Gasteiger partial charge is 0.321 e. The quantitative estimate of drug-likeness (QED) is 0.469. The van der Waals surface area contributed by atoms with Crippen molar-refractivity contribution >= 4 is 61.9 Å². The number of rotatable bonds is 3. The Balaban J connectivity index is 1.96. The zero-order valence-corrected chi connectivity index (χ0v) is 14.6. The average molecular weight is 381 g/mol. The molecule has 1 aromatic heterocycles. The summed E-state index contributed by atoms with van der Waals surface area (Å²) in [4.78, 5) is 23.2. The van der Waals surface area contributed by atoms with Crippen LogP contribution < -0.4 is 5.32 Å². The topological polar surface area (TPSA) is 72.2 Å². The number of nitrogens with zero attached hydrogens (tertiary/aromatic N) is 1. The van der Waals surface area contributed by atoms with Crippen LogP contribution in [0.25, 0.3) is 10.1 Å². The Morgan fingerprint density at radius 3 is 2.62 bits per heavy atom. The normalized spacial score (nSPS) is 10.8. The van der Waals surface area contributed by atoms with Gasteiger partial charge in [-0.2, -0.15) is 0 Å². The lowest BCUT2D eigenvalue weighted by Crippen LogP contribution is -2.12. The van der Waals surface area contributed by atoms with E-state index in [1.165, 1.54) is 23.5 Å². The minimum Gasteiger partial charge on any atom is -0.321 e. The molecule has 0 aliphatic heterocycles. The Morgan fingerprint density at radius 1 is 1.25 bits per heavy atom. The van der Waals surface area contributed by atoms with Crippen molar-refractivity contribution in [3.8, 4) is 0 Å². The SMILES string of the molecule is Cc1cc([N+](=O)[O-])c(Cl)cc1NC(=O)c1sc2ccccc2c1Cl. The minimum atomic E-state index is -0.566. The zero-order chi connectivity index (χ0) is 17.4. The first kappa shape index (κ1) is 16.7. The van der Waals surface area contributed by atoms with Gasteiger partial charge in [-0.3, -0.25) is 14.9 Å². The number of halogens is 2. The average Bonchev–Trinajstić information content (AvgIpc) is 2.88. The number of nitrogens with one attached hydrogen (secondary N) is 1. The smallest absolute Gasteiger partial charge is 0.288 e. The maximum atomic E-state index is 12.5. The fourth-order valence-corrected chi connectivity index (χ4v) is 3.92. The fourth-order valence-electron chi connectivity index (χ4n) is 2.28. The van der Waals surface area contributed by atoms with Crippen molar-refractivity contribution in [3.05, 3.63) is 67.0 Å². The van der Waals surface area contributed by atoms with E-state index in [1.807, 2.05) is 24.3 Å². The van der Waals surface area contributed by atoms with Gasteiger partial charge in [0.15, 0.2) is 0 Å². The van der Waals surface area contributed by atoms with E-state index >= 15 is 0 Å². The Morgan fingerprint density at radius 2 is 1.96 bits per heavy atom. The van der Waals surface area contributed by atoms with Crippen molar-refractivity contribution in [2.24, 2.45) is 0 Å². The number of hydrogen-bond acceptors (Lipinski definition) is 4. The third kappa shape index (κ3) is 2.96. The van der Waals surface area contributed by atoms with Gasteiger partial charge in [0, 0.05) is 21.8 Å². The van der Waals surface area contributed by atoms with Crippen molar-refractivity contribution in [1.82, 2.24) is 0 Å². The van der Waals surface area contributed by atoms with E-state index in [2.05, 4.69) is 5.32 Å². The second-order valence-electron chi connectivity index (χ2n) is 5.07. The number of amides is 1. The Kier molecular flexibility index (Phi) is 4.45. The standard InChI is InChI=1S/C16H10Cl2N2O3S/c1-8-6-12(20(22)23)10(17)7-11(8)19-16(21)15-14(18)9-4-2-3-5-13(9)24-15/h2-7H,1H3,(H,19,21). The molecule has 0 spiro atoms. The molecule has 1 amide bonds. The second-order valence-corrected chi connectivity index (χ2v) is 6.91. The number of anilines is 1. The van der Waals surface area contributed by atoms with Crippen LogP contribution >= 0.6 is 34.5 Å². The molecule has 0 aliphatic carbocycles. The summed E-state index contributed by atoms with van der Waals surface area (Å²) in [7, 11) is 0. The van der Waals surface area contributed by atoms with Gasteiger partial charge < -0.3 is 5.32 Å². The summed E-state index contributed by atoms with van der Waals surface area (Å²) in [5.41, 5.74) is 0.743. The molecule has 2 aromatic carbocycles. The molecule has 122 valence electrons. The molecule has 5 nitrogen and oxygen atoms in total. The molecule has 3 rings (SSSR count). The van der Waals surface area contributed by atoms with Gasteiger partial charge in [-0.15, -0.1) is 11.3 Å². The summed E-state index contributed by atoms with van der Waals surface area (Å²) < 4.78 is 0.908. The van der Waals surface area contributed by atoms with Crippen molar-refractivity contribution < 1.29 is 9.72 Å². The first-order valence-corrected chi connectivity index (χ1v) is 8.38. The second kappa shape index (κ2) is 6.39. The number of fused-ring (bicyclic) bond motifs is 1. The van der Waals surface area contributed by atoms with Crippen LogP contribution in [0.4, 0.5) is 11.4 Å². The number of benzene rings is 2. The number of thiophene rings is 1. The van der Waals surface area contributed by atoms with E-state index in [4.69, 9.17) is 23.2 Å². The molecule has 0 saturated heterocycles. The molecule has 0 bridgehead atoms. The first-order valence-electron chi connectivity index (χ1n) is 6.81. The number of carbonyl (C=O) groups excluding carboxylic acids is 1. The molecule has 0 radical (unpaired) electrons. The molecule has 0 saturated carbocycles. The van der Waals surface area contributed by atoms with Crippen LogP contribution in [0.2, 0.25) is 10.0 Å². The highest BCUT2D eigenvalue weighted by molar-refractivity contribution is 7.21. The Hall–Kier alpha value is -2.15. The van der Waals surface area contributed by atoms with Crippen LogP contribution in [0.15, 0.2) is 36.4 Å². The van der Waals surface area contributed by atoms with Gasteiger partial charge >= 0.3 is 0 Å². The number of aryl methyl sites for hydroxylation is 1. The summed E-state index contributed by atoms with van der Waals surface area (Å²) in [5, 5.41) is 14.8. The molecular formula is C16H10Cl2N2O3S. The molecule has 0 unspecified atom stereocenters. The van der Waals surface area contributed by atoms with Crippen molar-refractivity contribution in [1.29, 1.82) is 0 Å². The molecular weight excluding hydrogens is 371 g/mol. The monoisotopic (exact) mass is 380 g/mol. The molecule has 0 aliphatic rings. The van der Waals surface area contributed by atoms with Crippen LogP contribution in [-0.4, -0.2) is 10.8 Å². The van der Waals surface area contributed by atoms with Crippen molar-refractivity contribution in [2.45, 2.75) is 6.92 Å². The lowest BCUT2D eigenvalue weighted by molar-refractivity contribution is -0.384. The van der Waals surface area contributed by atoms with Crippen molar-refractivity contribution in [2.75, 3.05) is 5.32 Å². The Labute approximate surface area is 151 Å². The predicted molar refractivity (Wildman–Crippen MR) is 97.6 cm³/mol. The minimum absolute atomic E-state index is 0.0386. The van der Waals surface area contributed by atoms with Gasteiger partial charge in [-0.05, 0) is 24.6 Å². The molecule has 1 heterocycles. The van der Waals surface area contributed by atoms with E-state index in [0.29, 0.717) is 21.2 Å². The van der Waals surface area contributed by atoms with E-state index < -0.39 is 4.92 Å². The van der Waals surface area contributed by atoms with E-state index in [0.717, 1.165) is 10.1 Å². The van der Waals surface area contributed by atoms with Gasteiger partial charge in [0.1, 0.15) is 9.90 Å². The highest BCUT2D eigenvalue weighted by Crippen LogP contribution is 2.36. The Bertz CT molecular complexity index is 985. The molecule has 0 atom stereocenters. The third-order valence-corrected chi connectivity index (χ3v) is 5.46. The van der Waals surface area contributed by atoms with Crippen LogP contribution in [0.5, 0.6) is 0 Å². The summed E-state index contributed by atoms with van der Waals surface area (Å²) in [6.07, 6.45) is 0. The van der Waals surface area contributed by atoms with Crippen LogP contribution in [0, 0.1) is 17.0 Å². The van der Waals surface area contributed by atoms with E-state index in [1.54, 1.807) is 6.92 Å². The summed E-state index contributed by atoms with van der Waals surface area (Å²) in [6, 6.07) is 10.1. The van der Waals surface area contributed by atoms with Gasteiger partial charge in [0.05, 0.1) is 9.95 Å². The third-order valence-electron chi connectivity index (χ3n) is 3.48. The summed E-state index contributed by atoms with van der Waals surface area (Å²) in [6.45, 7) is 1.66. The molecule has 1 N–H and O–H groups in total. The first-order chi connectivity index (χ1) is 11.4.